The molecule has 0 aliphatic rings. The summed E-state index contributed by atoms with van der Waals surface area (Å²) in [6, 6.07) is 49.7. The van der Waals surface area contributed by atoms with Gasteiger partial charge in [0.2, 0.25) is 0 Å². The largest absolute Gasteiger partial charge is 0.307 e. The molecule has 4 aromatic heterocycles. The molecule has 4 heterocycles. The average Bonchev–Trinajstić information content (AvgIpc) is 3.67. The predicted octanol–water partition coefficient (Wildman–Crippen LogP) is 11.5. The van der Waals surface area contributed by atoms with E-state index in [0.29, 0.717) is 0 Å². The average molecular weight is 563 g/mol. The fourth-order valence-electron chi connectivity index (χ4n) is 7.82. The lowest BCUT2D eigenvalue weighted by molar-refractivity contribution is 1.19. The summed E-state index contributed by atoms with van der Waals surface area (Å²) in [7, 11) is 0. The van der Waals surface area contributed by atoms with Crippen LogP contribution in [0.25, 0.3) is 96.5 Å². The molecule has 0 saturated heterocycles. The van der Waals surface area contributed by atoms with Crippen molar-refractivity contribution in [3.05, 3.63) is 133 Å². The van der Waals surface area contributed by atoms with Crippen molar-refractivity contribution in [1.29, 1.82) is 0 Å². The van der Waals surface area contributed by atoms with Crippen LogP contribution >= 0.6 is 11.3 Å². The monoisotopic (exact) mass is 562 g/mol. The van der Waals surface area contributed by atoms with Crippen LogP contribution in [-0.2, 0) is 0 Å². The van der Waals surface area contributed by atoms with Crippen molar-refractivity contribution in [3.63, 3.8) is 0 Å². The van der Waals surface area contributed by atoms with Crippen LogP contribution in [0.15, 0.2) is 133 Å². The van der Waals surface area contributed by atoms with Crippen LogP contribution in [0, 0.1) is 0 Å². The number of fused-ring (bicyclic) bond motifs is 10. The van der Waals surface area contributed by atoms with Gasteiger partial charge in [-0.2, -0.15) is 0 Å². The van der Waals surface area contributed by atoms with Gasteiger partial charge in [0, 0.05) is 47.4 Å². The van der Waals surface area contributed by atoms with Crippen LogP contribution < -0.4 is 0 Å². The number of hydrogen-bond donors (Lipinski definition) is 0. The number of benzene rings is 7. The van der Waals surface area contributed by atoms with E-state index < -0.39 is 0 Å². The Morgan fingerprint density at radius 2 is 1.09 bits per heavy atom. The van der Waals surface area contributed by atoms with Crippen molar-refractivity contribution in [2.75, 3.05) is 0 Å². The molecule has 0 saturated carbocycles. The second-order valence-electron chi connectivity index (χ2n) is 11.7. The SMILES string of the molecule is c1ccc2cc3c(cc2c1)sc1ccc(-n2c4ccc5cccc6c7ccccc7n7c8ccccc8c2c7c4c56)cc13. The normalized spacial score (nSPS) is 12.7. The van der Waals surface area contributed by atoms with E-state index in [0.717, 1.165) is 0 Å². The Balaban J connectivity index is 1.38. The first-order valence-corrected chi connectivity index (χ1v) is 15.6. The van der Waals surface area contributed by atoms with Crippen LogP contribution in [0.1, 0.15) is 0 Å². The van der Waals surface area contributed by atoms with E-state index in [1.54, 1.807) is 0 Å². The van der Waals surface area contributed by atoms with Crippen molar-refractivity contribution >= 4 is 102 Å². The second kappa shape index (κ2) is 7.71. The highest BCUT2D eigenvalue weighted by Gasteiger charge is 2.24. The Labute approximate surface area is 249 Å². The number of aromatic nitrogens is 2. The minimum absolute atomic E-state index is 1.20. The molecular weight excluding hydrogens is 541 g/mol. The van der Waals surface area contributed by atoms with Crippen LogP contribution in [0.4, 0.5) is 0 Å². The molecule has 0 fully saturated rings. The Bertz CT molecular complexity index is 2950. The highest BCUT2D eigenvalue weighted by atomic mass is 32.1. The smallest absolute Gasteiger partial charge is 0.0810 e. The molecule has 0 radical (unpaired) electrons. The van der Waals surface area contributed by atoms with E-state index in [-0.39, 0.29) is 0 Å². The van der Waals surface area contributed by atoms with Gasteiger partial charge in [-0.3, -0.25) is 0 Å². The summed E-state index contributed by atoms with van der Waals surface area (Å²) in [5.74, 6) is 0. The first-order valence-electron chi connectivity index (χ1n) is 14.8. The first-order chi connectivity index (χ1) is 21.3. The zero-order valence-corrected chi connectivity index (χ0v) is 23.8. The van der Waals surface area contributed by atoms with Crippen molar-refractivity contribution in [3.8, 4) is 5.69 Å². The molecule has 43 heavy (non-hydrogen) atoms. The number of para-hydroxylation sites is 2. The van der Waals surface area contributed by atoms with Crippen molar-refractivity contribution in [1.82, 2.24) is 8.97 Å². The van der Waals surface area contributed by atoms with Gasteiger partial charge in [-0.25, -0.2) is 0 Å². The minimum Gasteiger partial charge on any atom is -0.307 e. The van der Waals surface area contributed by atoms with Crippen LogP contribution in [0.2, 0.25) is 0 Å². The fourth-order valence-corrected chi connectivity index (χ4v) is 8.94. The van der Waals surface area contributed by atoms with Gasteiger partial charge in [0.15, 0.2) is 0 Å². The summed E-state index contributed by atoms with van der Waals surface area (Å²) in [6.45, 7) is 0. The molecule has 11 aromatic rings. The molecule has 0 atom stereocenters. The lowest BCUT2D eigenvalue weighted by Crippen LogP contribution is -1.93. The summed E-state index contributed by atoms with van der Waals surface area (Å²) in [5, 5.41) is 13.0. The molecular formula is C40H22N2S. The Morgan fingerprint density at radius 3 is 1.98 bits per heavy atom. The Kier molecular flexibility index (Phi) is 3.99. The van der Waals surface area contributed by atoms with Crippen LogP contribution in [0.3, 0.4) is 0 Å². The molecule has 0 spiro atoms. The molecule has 0 aliphatic carbocycles. The fraction of sp³-hybridized carbons (Fsp3) is 0. The molecule has 2 nitrogen and oxygen atoms in total. The van der Waals surface area contributed by atoms with Gasteiger partial charge >= 0.3 is 0 Å². The van der Waals surface area contributed by atoms with Crippen molar-refractivity contribution < 1.29 is 0 Å². The number of hydrogen-bond acceptors (Lipinski definition) is 1. The third kappa shape index (κ3) is 2.69. The van der Waals surface area contributed by atoms with E-state index in [1.165, 1.54) is 96.5 Å². The molecule has 0 N–H and O–H groups in total. The third-order valence-corrected chi connectivity index (χ3v) is 10.7. The van der Waals surface area contributed by atoms with Crippen LogP contribution in [0.5, 0.6) is 0 Å². The minimum atomic E-state index is 1.20. The van der Waals surface area contributed by atoms with Crippen LogP contribution in [-0.4, -0.2) is 8.97 Å². The summed E-state index contributed by atoms with van der Waals surface area (Å²) < 4.78 is 7.71. The van der Waals surface area contributed by atoms with E-state index >= 15 is 0 Å². The molecule has 0 unspecified atom stereocenters. The maximum atomic E-state index is 2.53. The highest BCUT2D eigenvalue weighted by Crippen LogP contribution is 2.46. The molecule has 0 amide bonds. The number of nitrogens with zero attached hydrogens (tertiary/aromatic N) is 2. The highest BCUT2D eigenvalue weighted by molar-refractivity contribution is 7.25. The van der Waals surface area contributed by atoms with E-state index in [4.69, 9.17) is 0 Å². The quantitative estimate of drug-likeness (QED) is 0.188. The van der Waals surface area contributed by atoms with Gasteiger partial charge in [-0.15, -0.1) is 11.3 Å². The van der Waals surface area contributed by atoms with Crippen molar-refractivity contribution in [2.45, 2.75) is 0 Å². The third-order valence-electron chi connectivity index (χ3n) is 9.59. The zero-order chi connectivity index (χ0) is 27.8. The van der Waals surface area contributed by atoms with Gasteiger partial charge in [-0.1, -0.05) is 84.9 Å². The second-order valence-corrected chi connectivity index (χ2v) is 12.8. The van der Waals surface area contributed by atoms with E-state index in [1.807, 2.05) is 11.3 Å². The maximum absolute atomic E-state index is 2.53. The van der Waals surface area contributed by atoms with E-state index in [2.05, 4.69) is 142 Å². The Morgan fingerprint density at radius 1 is 0.395 bits per heavy atom. The summed E-state index contributed by atoms with van der Waals surface area (Å²) in [5.41, 5.74) is 7.50. The topological polar surface area (TPSA) is 9.34 Å². The number of thiophene rings is 1. The first kappa shape index (κ1) is 22.2. The lowest BCUT2D eigenvalue weighted by atomic mass is 10.0. The van der Waals surface area contributed by atoms with Gasteiger partial charge in [-0.05, 0) is 70.1 Å². The summed E-state index contributed by atoms with van der Waals surface area (Å²) in [4.78, 5) is 0. The van der Waals surface area contributed by atoms with E-state index in [9.17, 15) is 0 Å². The molecule has 3 heteroatoms. The van der Waals surface area contributed by atoms with Gasteiger partial charge in [0.05, 0.1) is 27.6 Å². The number of rotatable bonds is 1. The molecule has 11 rings (SSSR count). The zero-order valence-electron chi connectivity index (χ0n) is 23.0. The molecule has 0 aliphatic heterocycles. The summed E-state index contributed by atoms with van der Waals surface area (Å²) >= 11 is 1.89. The predicted molar refractivity (Wildman–Crippen MR) is 186 cm³/mol. The summed E-state index contributed by atoms with van der Waals surface area (Å²) in [6.07, 6.45) is 0. The molecule has 198 valence electrons. The standard InChI is InChI=1S/C40H22N2S/c1-2-9-25-21-36-30(20-24(25)8-1)31-22-26(17-19-35(31)43-36)41-34-18-16-23-10-7-13-28-27-11-3-5-14-32(27)42-33-15-6-4-12-29(33)39(41)40(42)38(34)37(23)28/h1-22H. The Hall–Kier alpha value is -5.38. The molecule has 0 bridgehead atoms. The van der Waals surface area contributed by atoms with Gasteiger partial charge < -0.3 is 8.97 Å². The van der Waals surface area contributed by atoms with Crippen molar-refractivity contribution in [2.24, 2.45) is 0 Å². The van der Waals surface area contributed by atoms with Gasteiger partial charge in [0.1, 0.15) is 0 Å². The molecule has 7 aromatic carbocycles. The maximum Gasteiger partial charge on any atom is 0.0810 e. The van der Waals surface area contributed by atoms with Gasteiger partial charge in [0.25, 0.3) is 0 Å². The lowest BCUT2D eigenvalue weighted by Gasteiger charge is -2.10.